The minimum atomic E-state index is -0.956. The van der Waals surface area contributed by atoms with Crippen LogP contribution in [0, 0.1) is 0 Å². The van der Waals surface area contributed by atoms with Crippen LogP contribution in [0.3, 0.4) is 0 Å². The summed E-state index contributed by atoms with van der Waals surface area (Å²) in [5, 5.41) is 10.9. The number of nitrogens with two attached hydrogens (primary N) is 1. The molecule has 0 aliphatic rings. The lowest BCUT2D eigenvalue weighted by Gasteiger charge is -2.27. The first-order valence-electron chi connectivity index (χ1n) is 4.69. The molecule has 0 unspecified atom stereocenters. The van der Waals surface area contributed by atoms with E-state index in [0.717, 1.165) is 10.2 Å². The molecular weight excluding hydrogens is 310 g/mol. The first-order valence-corrected chi connectivity index (χ1v) is 7.34. The maximum atomic E-state index is 10.8. The van der Waals surface area contributed by atoms with Gasteiger partial charge in [0.05, 0.1) is 0 Å². The molecule has 0 fully saturated rings. The van der Waals surface area contributed by atoms with Crippen LogP contribution in [-0.2, 0) is 10.5 Å². The number of thioether (sulfide) groups is 1. The number of rotatable bonds is 5. The number of hydrogen-bond acceptors (Lipinski definition) is 4. The van der Waals surface area contributed by atoms with E-state index < -0.39 is 16.8 Å². The van der Waals surface area contributed by atoms with Gasteiger partial charge < -0.3 is 10.8 Å². The summed E-state index contributed by atoms with van der Waals surface area (Å²) in [7, 11) is 0. The van der Waals surface area contributed by atoms with E-state index in [2.05, 4.69) is 15.9 Å². The zero-order valence-corrected chi connectivity index (χ0v) is 12.3. The molecule has 1 rings (SSSR count). The van der Waals surface area contributed by atoms with Gasteiger partial charge in [-0.3, -0.25) is 4.79 Å². The minimum absolute atomic E-state index is 0.477. The lowest BCUT2D eigenvalue weighted by atomic mass is 10.1. The van der Waals surface area contributed by atoms with Crippen LogP contribution in [0.15, 0.2) is 15.9 Å². The van der Waals surface area contributed by atoms with Gasteiger partial charge in [0.25, 0.3) is 0 Å². The van der Waals surface area contributed by atoms with Crippen molar-refractivity contribution in [3.8, 4) is 0 Å². The molecule has 0 saturated carbocycles. The molecule has 0 saturated heterocycles. The lowest BCUT2D eigenvalue weighted by molar-refractivity contribution is -0.139. The predicted molar refractivity (Wildman–Crippen MR) is 73.0 cm³/mol. The number of hydrogen-bond donors (Lipinski definition) is 2. The summed E-state index contributed by atoms with van der Waals surface area (Å²) < 4.78 is 0.597. The van der Waals surface area contributed by atoms with Gasteiger partial charge in [0.1, 0.15) is 6.04 Å². The Morgan fingerprint density at radius 1 is 1.75 bits per heavy atom. The standard InChI is InChI=1S/C10H14BrNO2S2/c1-10(2,8(12)9(13)14)16-5-7-6(11)3-4-15-7/h3-4,8H,5,12H2,1-2H3,(H,13,14)/t8-/m1/s1. The summed E-state index contributed by atoms with van der Waals surface area (Å²) in [6.45, 7) is 3.72. The molecule has 0 radical (unpaired) electrons. The summed E-state index contributed by atoms with van der Waals surface area (Å²) in [6, 6.07) is 1.14. The molecule has 16 heavy (non-hydrogen) atoms. The molecule has 1 aromatic rings. The van der Waals surface area contributed by atoms with E-state index in [4.69, 9.17) is 10.8 Å². The molecule has 3 nitrogen and oxygen atoms in total. The van der Waals surface area contributed by atoms with Crippen LogP contribution in [0.5, 0.6) is 0 Å². The van der Waals surface area contributed by atoms with Crippen molar-refractivity contribution in [2.45, 2.75) is 30.4 Å². The smallest absolute Gasteiger partial charge is 0.321 e. The molecule has 1 heterocycles. The molecule has 1 aromatic heterocycles. The van der Waals surface area contributed by atoms with E-state index in [-0.39, 0.29) is 0 Å². The van der Waals surface area contributed by atoms with Gasteiger partial charge in [-0.2, -0.15) is 0 Å². The van der Waals surface area contributed by atoms with Gasteiger partial charge >= 0.3 is 5.97 Å². The van der Waals surface area contributed by atoms with Crippen LogP contribution >= 0.6 is 39.0 Å². The molecule has 0 amide bonds. The number of aliphatic carboxylic acids is 1. The molecule has 1 atom stereocenters. The second-order valence-electron chi connectivity index (χ2n) is 3.90. The molecule has 0 bridgehead atoms. The van der Waals surface area contributed by atoms with E-state index in [1.165, 1.54) is 4.88 Å². The van der Waals surface area contributed by atoms with Gasteiger partial charge in [0.15, 0.2) is 0 Å². The first kappa shape index (κ1) is 14.0. The average molecular weight is 324 g/mol. The SMILES string of the molecule is CC(C)(SCc1sccc1Br)[C@H](N)C(=O)O. The Morgan fingerprint density at radius 2 is 2.38 bits per heavy atom. The van der Waals surface area contributed by atoms with Crippen molar-refractivity contribution in [3.63, 3.8) is 0 Å². The third kappa shape index (κ3) is 3.48. The van der Waals surface area contributed by atoms with Gasteiger partial charge in [-0.25, -0.2) is 0 Å². The van der Waals surface area contributed by atoms with Gasteiger partial charge in [-0.15, -0.1) is 23.1 Å². The first-order chi connectivity index (χ1) is 7.34. The zero-order valence-electron chi connectivity index (χ0n) is 9.07. The number of thiophene rings is 1. The van der Waals surface area contributed by atoms with Gasteiger partial charge in [-0.1, -0.05) is 0 Å². The van der Waals surface area contributed by atoms with Crippen molar-refractivity contribution in [1.82, 2.24) is 0 Å². The highest BCUT2D eigenvalue weighted by atomic mass is 79.9. The molecule has 0 aromatic carbocycles. The molecule has 6 heteroatoms. The van der Waals surface area contributed by atoms with E-state index in [1.807, 2.05) is 25.3 Å². The summed E-state index contributed by atoms with van der Waals surface area (Å²) in [4.78, 5) is 12.0. The maximum Gasteiger partial charge on any atom is 0.321 e. The molecule has 0 aliphatic carbocycles. The van der Waals surface area contributed by atoms with Crippen molar-refractivity contribution in [3.05, 3.63) is 20.8 Å². The normalized spacial score (nSPS) is 13.8. The third-order valence-corrected chi connectivity index (χ3v) is 5.82. The Hall–Kier alpha value is -0.0400. The molecular formula is C10H14BrNO2S2. The van der Waals surface area contributed by atoms with Crippen LogP contribution in [-0.4, -0.2) is 21.9 Å². The second kappa shape index (κ2) is 5.53. The second-order valence-corrected chi connectivity index (χ2v) is 7.38. The van der Waals surface area contributed by atoms with Crippen molar-refractivity contribution in [2.24, 2.45) is 5.73 Å². The Labute approximate surface area is 112 Å². The summed E-state index contributed by atoms with van der Waals surface area (Å²) in [5.41, 5.74) is 5.64. The average Bonchev–Trinajstić information content (AvgIpc) is 2.60. The zero-order chi connectivity index (χ0) is 12.3. The van der Waals surface area contributed by atoms with E-state index in [1.54, 1.807) is 23.1 Å². The number of halogens is 1. The monoisotopic (exact) mass is 323 g/mol. The van der Waals surface area contributed by atoms with Crippen LogP contribution in [0.2, 0.25) is 0 Å². The number of carboxylic acids is 1. The highest BCUT2D eigenvalue weighted by Crippen LogP contribution is 2.34. The summed E-state index contributed by atoms with van der Waals surface area (Å²) >= 11 is 6.67. The summed E-state index contributed by atoms with van der Waals surface area (Å²) in [6.07, 6.45) is 0. The van der Waals surface area contributed by atoms with Crippen LogP contribution in [0.25, 0.3) is 0 Å². The Bertz CT molecular complexity index is 379. The van der Waals surface area contributed by atoms with Gasteiger partial charge in [0.2, 0.25) is 0 Å². The van der Waals surface area contributed by atoms with Crippen LogP contribution < -0.4 is 5.73 Å². The highest BCUT2D eigenvalue weighted by molar-refractivity contribution is 9.10. The maximum absolute atomic E-state index is 10.8. The van der Waals surface area contributed by atoms with E-state index in [0.29, 0.717) is 0 Å². The summed E-state index contributed by atoms with van der Waals surface area (Å²) in [5.74, 6) is -0.186. The lowest BCUT2D eigenvalue weighted by Crippen LogP contribution is -2.46. The molecule has 90 valence electrons. The molecule has 3 N–H and O–H groups in total. The van der Waals surface area contributed by atoms with Crippen molar-refractivity contribution < 1.29 is 9.90 Å². The van der Waals surface area contributed by atoms with Crippen molar-refractivity contribution in [1.29, 1.82) is 0 Å². The van der Waals surface area contributed by atoms with Gasteiger partial charge in [0, 0.05) is 19.8 Å². The minimum Gasteiger partial charge on any atom is -0.480 e. The van der Waals surface area contributed by atoms with E-state index >= 15 is 0 Å². The quantitative estimate of drug-likeness (QED) is 0.874. The predicted octanol–water partition coefficient (Wildman–Crippen LogP) is 2.93. The van der Waals surface area contributed by atoms with Crippen LogP contribution in [0.4, 0.5) is 0 Å². The topological polar surface area (TPSA) is 63.3 Å². The van der Waals surface area contributed by atoms with Crippen LogP contribution in [0.1, 0.15) is 18.7 Å². The Balaban J connectivity index is 2.61. The van der Waals surface area contributed by atoms with E-state index in [9.17, 15) is 4.79 Å². The van der Waals surface area contributed by atoms with Gasteiger partial charge in [-0.05, 0) is 41.2 Å². The largest absolute Gasteiger partial charge is 0.480 e. The third-order valence-electron chi connectivity index (χ3n) is 2.28. The van der Waals surface area contributed by atoms with Crippen molar-refractivity contribution >= 4 is 45.0 Å². The fourth-order valence-electron chi connectivity index (χ4n) is 1.07. The Kier molecular flexibility index (Phi) is 4.85. The molecule has 0 aliphatic heterocycles. The number of carbonyl (C=O) groups is 1. The fourth-order valence-corrected chi connectivity index (χ4v) is 3.92. The Morgan fingerprint density at radius 3 is 2.81 bits per heavy atom. The highest BCUT2D eigenvalue weighted by Gasteiger charge is 2.32. The molecule has 0 spiro atoms. The van der Waals surface area contributed by atoms with Crippen molar-refractivity contribution in [2.75, 3.05) is 0 Å². The number of carboxylic acid groups (broad SMARTS) is 1. The fraction of sp³-hybridized carbons (Fsp3) is 0.500.